The first-order valence-electron chi connectivity index (χ1n) is 8.63. The molecular weight excluding hydrogens is 324 g/mol. The quantitative estimate of drug-likeness (QED) is 0.667. The van der Waals surface area contributed by atoms with Crippen LogP contribution in [0.2, 0.25) is 0 Å². The molecule has 23 heavy (non-hydrogen) atoms. The van der Waals surface area contributed by atoms with E-state index < -0.39 is 0 Å². The normalized spacial score (nSPS) is 21.6. The van der Waals surface area contributed by atoms with Crippen LogP contribution in [-0.4, -0.2) is 67.0 Å². The Morgan fingerprint density at radius 3 is 2.70 bits per heavy atom. The molecule has 0 aliphatic carbocycles. The largest absolute Gasteiger partial charge is 0.356 e. The molecule has 2 fully saturated rings. The van der Waals surface area contributed by atoms with Gasteiger partial charge in [-0.05, 0) is 41.7 Å². The zero-order valence-electron chi connectivity index (χ0n) is 14.0. The van der Waals surface area contributed by atoms with Crippen LogP contribution in [-0.2, 0) is 6.54 Å². The molecule has 3 rings (SSSR count). The molecule has 0 aromatic carbocycles. The van der Waals surface area contributed by atoms with E-state index in [0.29, 0.717) is 0 Å². The van der Waals surface area contributed by atoms with Gasteiger partial charge in [0.05, 0.1) is 0 Å². The molecule has 3 heterocycles. The molecule has 2 saturated heterocycles. The van der Waals surface area contributed by atoms with Crippen LogP contribution in [0.3, 0.4) is 0 Å². The smallest absolute Gasteiger partial charge is 0.193 e. The maximum Gasteiger partial charge on any atom is 0.193 e. The second-order valence-corrected chi connectivity index (χ2v) is 8.58. The summed E-state index contributed by atoms with van der Waals surface area (Å²) < 4.78 is 0. The predicted octanol–water partition coefficient (Wildman–Crippen LogP) is 2.58. The van der Waals surface area contributed by atoms with Crippen molar-refractivity contribution in [2.75, 3.05) is 51.3 Å². The fourth-order valence-electron chi connectivity index (χ4n) is 3.26. The number of nitrogens with zero attached hydrogens (tertiary/aromatic N) is 3. The number of thioether (sulfide) groups is 1. The Labute approximate surface area is 148 Å². The third-order valence-electron chi connectivity index (χ3n) is 4.73. The lowest BCUT2D eigenvalue weighted by Crippen LogP contribution is -2.52. The van der Waals surface area contributed by atoms with Crippen molar-refractivity contribution >= 4 is 29.1 Å². The number of guanidine groups is 1. The first-order valence-corrected chi connectivity index (χ1v) is 10.7. The SMILES string of the molecule is CN=C(NCC1CCSCC1)N1CCN(Cc2cccs2)CC1. The van der Waals surface area contributed by atoms with Gasteiger partial charge >= 0.3 is 0 Å². The summed E-state index contributed by atoms with van der Waals surface area (Å²) in [7, 11) is 1.91. The van der Waals surface area contributed by atoms with E-state index in [1.165, 1.54) is 29.2 Å². The maximum atomic E-state index is 4.51. The van der Waals surface area contributed by atoms with Crippen molar-refractivity contribution in [3.05, 3.63) is 22.4 Å². The van der Waals surface area contributed by atoms with Gasteiger partial charge in [0.15, 0.2) is 5.96 Å². The van der Waals surface area contributed by atoms with Gasteiger partial charge in [-0.15, -0.1) is 11.3 Å². The van der Waals surface area contributed by atoms with E-state index in [-0.39, 0.29) is 0 Å². The van der Waals surface area contributed by atoms with Gasteiger partial charge in [-0.3, -0.25) is 9.89 Å². The van der Waals surface area contributed by atoms with Gasteiger partial charge in [0, 0.05) is 51.2 Å². The minimum atomic E-state index is 0.827. The van der Waals surface area contributed by atoms with Gasteiger partial charge in [0.1, 0.15) is 0 Å². The number of nitrogens with one attached hydrogen (secondary N) is 1. The summed E-state index contributed by atoms with van der Waals surface area (Å²) in [5.74, 6) is 4.57. The van der Waals surface area contributed by atoms with Gasteiger partial charge in [-0.1, -0.05) is 6.07 Å². The molecule has 0 unspecified atom stereocenters. The average molecular weight is 353 g/mol. The summed E-state index contributed by atoms with van der Waals surface area (Å²) in [6.45, 7) is 6.58. The number of piperazine rings is 1. The Morgan fingerprint density at radius 1 is 1.26 bits per heavy atom. The summed E-state index contributed by atoms with van der Waals surface area (Å²) in [6.07, 6.45) is 2.70. The van der Waals surface area contributed by atoms with Gasteiger partial charge in [-0.25, -0.2) is 0 Å². The highest BCUT2D eigenvalue weighted by Crippen LogP contribution is 2.22. The minimum absolute atomic E-state index is 0.827. The lowest BCUT2D eigenvalue weighted by molar-refractivity contribution is 0.173. The Balaban J connectivity index is 1.41. The molecule has 2 aliphatic rings. The number of thiophene rings is 1. The summed E-state index contributed by atoms with van der Waals surface area (Å²) in [5.41, 5.74) is 0. The van der Waals surface area contributed by atoms with E-state index in [4.69, 9.17) is 0 Å². The lowest BCUT2D eigenvalue weighted by Gasteiger charge is -2.36. The first kappa shape index (κ1) is 17.1. The highest BCUT2D eigenvalue weighted by molar-refractivity contribution is 7.99. The number of hydrogen-bond donors (Lipinski definition) is 1. The highest BCUT2D eigenvalue weighted by atomic mass is 32.2. The Hall–Kier alpha value is -0.720. The van der Waals surface area contributed by atoms with Crippen molar-refractivity contribution in [3.63, 3.8) is 0 Å². The van der Waals surface area contributed by atoms with Crippen molar-refractivity contribution in [3.8, 4) is 0 Å². The van der Waals surface area contributed by atoms with Crippen molar-refractivity contribution in [2.45, 2.75) is 19.4 Å². The summed E-state index contributed by atoms with van der Waals surface area (Å²) in [4.78, 5) is 10.9. The molecule has 0 spiro atoms. The van der Waals surface area contributed by atoms with Gasteiger partial charge < -0.3 is 10.2 Å². The second kappa shape index (κ2) is 8.94. The zero-order chi connectivity index (χ0) is 15.9. The molecule has 0 amide bonds. The summed E-state index contributed by atoms with van der Waals surface area (Å²) in [6, 6.07) is 4.38. The molecule has 4 nitrogen and oxygen atoms in total. The van der Waals surface area contributed by atoms with Crippen LogP contribution in [0.5, 0.6) is 0 Å². The molecule has 0 atom stereocenters. The van der Waals surface area contributed by atoms with Crippen molar-refractivity contribution < 1.29 is 0 Å². The molecule has 128 valence electrons. The van der Waals surface area contributed by atoms with Gasteiger partial charge in [0.2, 0.25) is 0 Å². The third kappa shape index (κ3) is 5.13. The molecule has 0 saturated carbocycles. The van der Waals surface area contributed by atoms with E-state index in [0.717, 1.165) is 51.1 Å². The topological polar surface area (TPSA) is 30.9 Å². The Morgan fingerprint density at radius 2 is 2.04 bits per heavy atom. The van der Waals surface area contributed by atoms with Crippen LogP contribution in [0.15, 0.2) is 22.5 Å². The zero-order valence-corrected chi connectivity index (χ0v) is 15.7. The van der Waals surface area contributed by atoms with E-state index in [9.17, 15) is 0 Å². The monoisotopic (exact) mass is 352 g/mol. The van der Waals surface area contributed by atoms with Crippen molar-refractivity contribution in [2.24, 2.45) is 10.9 Å². The average Bonchev–Trinajstić information content (AvgIpc) is 3.11. The fourth-order valence-corrected chi connectivity index (χ4v) is 5.21. The maximum absolute atomic E-state index is 4.51. The first-order chi connectivity index (χ1) is 11.3. The highest BCUT2D eigenvalue weighted by Gasteiger charge is 2.21. The van der Waals surface area contributed by atoms with Crippen LogP contribution in [0, 0.1) is 5.92 Å². The van der Waals surface area contributed by atoms with Gasteiger partial charge in [-0.2, -0.15) is 11.8 Å². The Kier molecular flexibility index (Phi) is 6.66. The molecule has 1 aromatic heterocycles. The van der Waals surface area contributed by atoms with Crippen molar-refractivity contribution in [1.82, 2.24) is 15.1 Å². The number of rotatable bonds is 4. The van der Waals surface area contributed by atoms with Crippen LogP contribution in [0.1, 0.15) is 17.7 Å². The molecular formula is C17H28N4S2. The van der Waals surface area contributed by atoms with Crippen LogP contribution in [0.4, 0.5) is 0 Å². The van der Waals surface area contributed by atoms with E-state index in [1.807, 2.05) is 18.4 Å². The predicted molar refractivity (Wildman–Crippen MR) is 103 cm³/mol. The number of aliphatic imine (C=N–C) groups is 1. The summed E-state index contributed by atoms with van der Waals surface area (Å²) >= 11 is 3.95. The van der Waals surface area contributed by atoms with Gasteiger partial charge in [0.25, 0.3) is 0 Å². The van der Waals surface area contributed by atoms with E-state index in [1.54, 1.807) is 0 Å². The Bertz CT molecular complexity index is 475. The standard InChI is InChI=1S/C17H28N4S2/c1-18-17(19-13-15-4-11-22-12-5-15)21-8-6-20(7-9-21)14-16-3-2-10-23-16/h2-3,10,15H,4-9,11-14H2,1H3,(H,18,19). The summed E-state index contributed by atoms with van der Waals surface area (Å²) in [5, 5.41) is 5.79. The fraction of sp³-hybridized carbons (Fsp3) is 0.706. The molecule has 0 bridgehead atoms. The third-order valence-corrected chi connectivity index (χ3v) is 6.64. The molecule has 0 radical (unpaired) electrons. The second-order valence-electron chi connectivity index (χ2n) is 6.33. The van der Waals surface area contributed by atoms with Crippen LogP contribution in [0.25, 0.3) is 0 Å². The van der Waals surface area contributed by atoms with Crippen molar-refractivity contribution in [1.29, 1.82) is 0 Å². The van der Waals surface area contributed by atoms with E-state index >= 15 is 0 Å². The van der Waals surface area contributed by atoms with Crippen LogP contribution < -0.4 is 5.32 Å². The minimum Gasteiger partial charge on any atom is -0.356 e. The lowest BCUT2D eigenvalue weighted by atomic mass is 10.0. The molecule has 1 N–H and O–H groups in total. The molecule has 6 heteroatoms. The van der Waals surface area contributed by atoms with Crippen LogP contribution >= 0.6 is 23.1 Å². The number of hydrogen-bond acceptors (Lipinski definition) is 4. The molecule has 2 aliphatic heterocycles. The van der Waals surface area contributed by atoms with E-state index in [2.05, 4.69) is 49.4 Å². The molecule has 1 aromatic rings.